The highest BCUT2D eigenvalue weighted by Crippen LogP contribution is 2.47. The zero-order valence-electron chi connectivity index (χ0n) is 16.3. The summed E-state index contributed by atoms with van der Waals surface area (Å²) in [5.41, 5.74) is 2.01. The summed E-state index contributed by atoms with van der Waals surface area (Å²) in [7, 11) is 0. The van der Waals surface area contributed by atoms with Crippen molar-refractivity contribution >= 4 is 0 Å². The van der Waals surface area contributed by atoms with Crippen LogP contribution in [-0.4, -0.2) is 52.2 Å². The van der Waals surface area contributed by atoms with Crippen LogP contribution in [0.1, 0.15) is 55.3 Å². The molecule has 144 valence electrons. The molecule has 2 aromatic rings. The van der Waals surface area contributed by atoms with Crippen molar-refractivity contribution in [3.63, 3.8) is 0 Å². The molecule has 0 unspecified atom stereocenters. The van der Waals surface area contributed by atoms with Gasteiger partial charge in [-0.15, -0.1) is 0 Å². The molecule has 5 heteroatoms. The van der Waals surface area contributed by atoms with Crippen molar-refractivity contribution in [1.29, 1.82) is 0 Å². The smallest absolute Gasteiger partial charge is 0.240 e. The van der Waals surface area contributed by atoms with Crippen molar-refractivity contribution in [2.24, 2.45) is 5.41 Å². The summed E-state index contributed by atoms with van der Waals surface area (Å²) in [5, 5.41) is 3.93. The fourth-order valence-corrected chi connectivity index (χ4v) is 5.24. The number of rotatable bonds is 4. The quantitative estimate of drug-likeness (QED) is 0.827. The highest BCUT2D eigenvalue weighted by molar-refractivity contribution is 5.22. The van der Waals surface area contributed by atoms with Gasteiger partial charge in [0.25, 0.3) is 0 Å². The van der Waals surface area contributed by atoms with Crippen molar-refractivity contribution in [3.8, 4) is 0 Å². The van der Waals surface area contributed by atoms with Gasteiger partial charge in [0.05, 0.1) is 6.54 Å². The predicted molar refractivity (Wildman–Crippen MR) is 104 cm³/mol. The van der Waals surface area contributed by atoms with Gasteiger partial charge in [0, 0.05) is 19.1 Å². The maximum Gasteiger partial charge on any atom is 0.240 e. The second-order valence-electron chi connectivity index (χ2n) is 8.98. The van der Waals surface area contributed by atoms with Gasteiger partial charge in [-0.25, -0.2) is 0 Å². The van der Waals surface area contributed by atoms with Crippen LogP contribution in [0.3, 0.4) is 0 Å². The topological polar surface area (TPSA) is 45.4 Å². The molecule has 3 fully saturated rings. The van der Waals surface area contributed by atoms with E-state index in [1.54, 1.807) is 0 Å². The SMILES string of the molecule is Cc1noc(CN2CCC3(CC2)C[C@@H](c2ccccc2)CN(C2CC2)C3)n1. The summed E-state index contributed by atoms with van der Waals surface area (Å²) < 4.78 is 5.32. The normalized spacial score (nSPS) is 26.5. The first kappa shape index (κ1) is 17.4. The van der Waals surface area contributed by atoms with Gasteiger partial charge in [-0.1, -0.05) is 35.5 Å². The van der Waals surface area contributed by atoms with Crippen molar-refractivity contribution in [2.75, 3.05) is 26.2 Å². The Bertz CT molecular complexity index is 762. The standard InChI is InChI=1S/C22H30N4O/c1-17-23-21(27-24-17)15-25-11-9-22(10-12-25)13-19(18-5-3-2-4-6-18)14-26(16-22)20-7-8-20/h2-6,19-20H,7-16H2,1H3/t19-/m1/s1. The molecule has 27 heavy (non-hydrogen) atoms. The molecule has 3 aliphatic rings. The second kappa shape index (κ2) is 7.02. The van der Waals surface area contributed by atoms with Crippen molar-refractivity contribution < 1.29 is 4.52 Å². The Kier molecular flexibility index (Phi) is 4.52. The van der Waals surface area contributed by atoms with E-state index in [1.807, 2.05) is 6.92 Å². The predicted octanol–water partition coefficient (Wildman–Crippen LogP) is 3.61. The minimum atomic E-state index is 0.475. The Balaban J connectivity index is 1.28. The highest BCUT2D eigenvalue weighted by atomic mass is 16.5. The molecule has 1 spiro atoms. The van der Waals surface area contributed by atoms with Gasteiger partial charge in [0.1, 0.15) is 0 Å². The molecule has 0 bridgehead atoms. The Labute approximate surface area is 161 Å². The van der Waals surface area contributed by atoms with Crippen LogP contribution in [0.25, 0.3) is 0 Å². The molecule has 5 nitrogen and oxygen atoms in total. The van der Waals surface area contributed by atoms with E-state index in [0.717, 1.165) is 37.4 Å². The van der Waals surface area contributed by atoms with Gasteiger partial charge in [0.15, 0.2) is 5.82 Å². The highest BCUT2D eigenvalue weighted by Gasteiger charge is 2.45. The van der Waals surface area contributed by atoms with Crippen molar-refractivity contribution in [1.82, 2.24) is 19.9 Å². The van der Waals surface area contributed by atoms with Crippen LogP contribution in [-0.2, 0) is 6.54 Å². The van der Waals surface area contributed by atoms with Gasteiger partial charge < -0.3 is 4.52 Å². The zero-order chi connectivity index (χ0) is 18.3. The number of likely N-dealkylation sites (tertiary alicyclic amines) is 2. The van der Waals surface area contributed by atoms with E-state index in [1.165, 1.54) is 50.8 Å². The van der Waals surface area contributed by atoms with Crippen LogP contribution >= 0.6 is 0 Å². The first-order valence-corrected chi connectivity index (χ1v) is 10.5. The summed E-state index contributed by atoms with van der Waals surface area (Å²) in [5.74, 6) is 2.18. The maximum atomic E-state index is 5.32. The lowest BCUT2D eigenvalue weighted by molar-refractivity contribution is 0.00610. The van der Waals surface area contributed by atoms with Crippen LogP contribution in [0.4, 0.5) is 0 Å². The van der Waals surface area contributed by atoms with Gasteiger partial charge in [-0.05, 0) is 69.0 Å². The van der Waals surface area contributed by atoms with Gasteiger partial charge >= 0.3 is 0 Å². The van der Waals surface area contributed by atoms with E-state index in [9.17, 15) is 0 Å². The largest absolute Gasteiger partial charge is 0.338 e. The number of aryl methyl sites for hydroxylation is 1. The van der Waals surface area contributed by atoms with Gasteiger partial charge in [-0.2, -0.15) is 4.98 Å². The van der Waals surface area contributed by atoms with E-state index < -0.39 is 0 Å². The Morgan fingerprint density at radius 1 is 1.15 bits per heavy atom. The first-order chi connectivity index (χ1) is 13.2. The molecule has 3 heterocycles. The van der Waals surface area contributed by atoms with E-state index >= 15 is 0 Å². The molecule has 2 saturated heterocycles. The Hall–Kier alpha value is -1.72. The third kappa shape index (κ3) is 3.81. The summed E-state index contributed by atoms with van der Waals surface area (Å²) in [6.45, 7) is 7.51. The summed E-state index contributed by atoms with van der Waals surface area (Å²) in [4.78, 5) is 9.69. The fourth-order valence-electron chi connectivity index (χ4n) is 5.24. The molecular weight excluding hydrogens is 336 g/mol. The number of hydrogen-bond donors (Lipinski definition) is 0. The molecule has 0 N–H and O–H groups in total. The number of piperidine rings is 2. The molecule has 2 aliphatic heterocycles. The van der Waals surface area contributed by atoms with E-state index in [0.29, 0.717) is 11.3 Å². The summed E-state index contributed by atoms with van der Waals surface area (Å²) >= 11 is 0. The average molecular weight is 367 g/mol. The Morgan fingerprint density at radius 2 is 1.93 bits per heavy atom. The number of benzene rings is 1. The molecule has 1 aromatic heterocycles. The molecule has 0 amide bonds. The maximum absolute atomic E-state index is 5.32. The molecule has 1 atom stereocenters. The van der Waals surface area contributed by atoms with Crippen molar-refractivity contribution in [2.45, 2.75) is 57.5 Å². The minimum absolute atomic E-state index is 0.475. The summed E-state index contributed by atoms with van der Waals surface area (Å²) in [6.07, 6.45) is 6.72. The van der Waals surface area contributed by atoms with E-state index in [2.05, 4.69) is 50.3 Å². The van der Waals surface area contributed by atoms with Crippen LogP contribution in [0.15, 0.2) is 34.9 Å². The number of nitrogens with zero attached hydrogens (tertiary/aromatic N) is 4. The number of hydrogen-bond acceptors (Lipinski definition) is 5. The average Bonchev–Trinajstić information content (AvgIpc) is 3.47. The van der Waals surface area contributed by atoms with Crippen LogP contribution < -0.4 is 0 Å². The lowest BCUT2D eigenvalue weighted by Gasteiger charge is -2.50. The molecule has 1 saturated carbocycles. The third-order valence-electron chi connectivity index (χ3n) is 6.85. The van der Waals surface area contributed by atoms with Crippen LogP contribution in [0.2, 0.25) is 0 Å². The Morgan fingerprint density at radius 3 is 2.59 bits per heavy atom. The second-order valence-corrected chi connectivity index (χ2v) is 8.98. The lowest BCUT2D eigenvalue weighted by Crippen LogP contribution is -2.52. The first-order valence-electron chi connectivity index (χ1n) is 10.5. The number of aromatic nitrogens is 2. The monoisotopic (exact) mass is 366 g/mol. The molecule has 5 rings (SSSR count). The molecule has 1 aromatic carbocycles. The van der Waals surface area contributed by atoms with Crippen LogP contribution in [0, 0.1) is 12.3 Å². The molecule has 0 radical (unpaired) electrons. The third-order valence-corrected chi connectivity index (χ3v) is 6.85. The van der Waals surface area contributed by atoms with Gasteiger partial charge in [0.2, 0.25) is 5.89 Å². The zero-order valence-corrected chi connectivity index (χ0v) is 16.3. The van der Waals surface area contributed by atoms with Crippen LogP contribution in [0.5, 0.6) is 0 Å². The fraction of sp³-hybridized carbons (Fsp3) is 0.636. The van der Waals surface area contributed by atoms with E-state index in [-0.39, 0.29) is 0 Å². The van der Waals surface area contributed by atoms with Gasteiger partial charge in [-0.3, -0.25) is 9.80 Å². The molecular formula is C22H30N4O. The van der Waals surface area contributed by atoms with E-state index in [4.69, 9.17) is 4.52 Å². The van der Waals surface area contributed by atoms with Crippen molar-refractivity contribution in [3.05, 3.63) is 47.6 Å². The lowest BCUT2D eigenvalue weighted by atomic mass is 9.68. The summed E-state index contributed by atoms with van der Waals surface area (Å²) in [6, 6.07) is 12.1. The molecule has 1 aliphatic carbocycles. The minimum Gasteiger partial charge on any atom is -0.338 e.